The minimum atomic E-state index is -0.374. The molecule has 6 nitrogen and oxygen atoms in total. The van der Waals surface area contributed by atoms with Crippen LogP contribution in [0.2, 0.25) is 0 Å². The molecule has 144 valence electrons. The summed E-state index contributed by atoms with van der Waals surface area (Å²) in [5.74, 6) is 0.444. The maximum Gasteiger partial charge on any atom is 0.327 e. The molecule has 1 aromatic heterocycles. The van der Waals surface area contributed by atoms with E-state index in [1.807, 2.05) is 25.1 Å². The van der Waals surface area contributed by atoms with Crippen molar-refractivity contribution in [3.8, 4) is 0 Å². The smallest absolute Gasteiger partial charge is 0.327 e. The number of thioether (sulfide) groups is 1. The van der Waals surface area contributed by atoms with E-state index in [4.69, 9.17) is 4.74 Å². The van der Waals surface area contributed by atoms with Gasteiger partial charge in [0.25, 0.3) is 0 Å². The van der Waals surface area contributed by atoms with Crippen LogP contribution in [0.15, 0.2) is 42.5 Å². The van der Waals surface area contributed by atoms with E-state index >= 15 is 0 Å². The lowest BCUT2D eigenvalue weighted by Crippen LogP contribution is -2.20. The molecular weight excluding hydrogens is 374 g/mol. The van der Waals surface area contributed by atoms with Crippen molar-refractivity contribution in [2.45, 2.75) is 25.6 Å². The zero-order chi connectivity index (χ0) is 19.7. The van der Waals surface area contributed by atoms with Gasteiger partial charge in [-0.1, -0.05) is 42.5 Å². The van der Waals surface area contributed by atoms with Gasteiger partial charge in [0.2, 0.25) is 5.91 Å². The minimum Gasteiger partial charge on any atom is -0.465 e. The van der Waals surface area contributed by atoms with Gasteiger partial charge in [0.15, 0.2) is 0 Å². The first-order valence-corrected chi connectivity index (χ1v) is 10.3. The van der Waals surface area contributed by atoms with Crippen molar-refractivity contribution in [3.05, 3.63) is 59.3 Å². The SMILES string of the molecule is CCOC(=O)Cn1nc(C)c2c1NC(=O)CS[C@@H]2c1cccc2ccccc12. The molecule has 4 rings (SSSR count). The number of benzene rings is 2. The molecule has 0 radical (unpaired) electrons. The van der Waals surface area contributed by atoms with E-state index in [9.17, 15) is 9.59 Å². The predicted molar refractivity (Wildman–Crippen MR) is 110 cm³/mol. The number of hydrogen-bond acceptors (Lipinski definition) is 5. The lowest BCUT2D eigenvalue weighted by atomic mass is 9.97. The van der Waals surface area contributed by atoms with Crippen LogP contribution in [-0.4, -0.2) is 34.0 Å². The van der Waals surface area contributed by atoms with Gasteiger partial charge in [-0.3, -0.25) is 9.59 Å². The monoisotopic (exact) mass is 395 g/mol. The summed E-state index contributed by atoms with van der Waals surface area (Å²) in [6, 6.07) is 14.4. The average molecular weight is 395 g/mol. The molecule has 7 heteroatoms. The molecule has 1 aliphatic rings. The van der Waals surface area contributed by atoms with Gasteiger partial charge in [0.1, 0.15) is 12.4 Å². The fourth-order valence-electron chi connectivity index (χ4n) is 3.62. The Labute approximate surface area is 167 Å². The van der Waals surface area contributed by atoms with Gasteiger partial charge in [0, 0.05) is 5.56 Å². The van der Waals surface area contributed by atoms with Crippen molar-refractivity contribution >= 4 is 40.2 Å². The third-order valence-corrected chi connectivity index (χ3v) is 6.02. The number of esters is 1. The van der Waals surface area contributed by atoms with E-state index in [0.29, 0.717) is 18.2 Å². The highest BCUT2D eigenvalue weighted by molar-refractivity contribution is 8.00. The van der Waals surface area contributed by atoms with Crippen molar-refractivity contribution in [3.63, 3.8) is 0 Å². The molecule has 0 aliphatic carbocycles. The minimum absolute atomic E-state index is 0.0305. The van der Waals surface area contributed by atoms with Gasteiger partial charge < -0.3 is 10.1 Å². The largest absolute Gasteiger partial charge is 0.465 e. The molecule has 0 bridgehead atoms. The van der Waals surface area contributed by atoms with Crippen molar-refractivity contribution in [1.29, 1.82) is 0 Å². The fourth-order valence-corrected chi connectivity index (χ4v) is 4.84. The first-order chi connectivity index (χ1) is 13.6. The molecule has 0 saturated heterocycles. The molecule has 2 heterocycles. The van der Waals surface area contributed by atoms with E-state index in [2.05, 4.69) is 34.7 Å². The normalized spacial score (nSPS) is 16.4. The number of ether oxygens (including phenoxy) is 1. The maximum absolute atomic E-state index is 12.4. The van der Waals surface area contributed by atoms with Crippen LogP contribution in [0.25, 0.3) is 10.8 Å². The van der Waals surface area contributed by atoms with Crippen LogP contribution in [-0.2, 0) is 20.9 Å². The molecule has 1 atom stereocenters. The van der Waals surface area contributed by atoms with Gasteiger partial charge >= 0.3 is 5.97 Å². The molecule has 1 aliphatic heterocycles. The van der Waals surface area contributed by atoms with Gasteiger partial charge in [0.05, 0.1) is 23.3 Å². The van der Waals surface area contributed by atoms with E-state index in [-0.39, 0.29) is 23.7 Å². The molecule has 0 unspecified atom stereocenters. The summed E-state index contributed by atoms with van der Waals surface area (Å²) in [5.41, 5.74) is 2.88. The number of aromatic nitrogens is 2. The zero-order valence-corrected chi connectivity index (χ0v) is 16.6. The van der Waals surface area contributed by atoms with E-state index in [0.717, 1.165) is 27.6 Å². The van der Waals surface area contributed by atoms with Crippen LogP contribution in [0, 0.1) is 6.92 Å². The molecule has 0 spiro atoms. The number of anilines is 1. The second-order valence-electron chi connectivity index (χ2n) is 6.62. The quantitative estimate of drug-likeness (QED) is 0.682. The van der Waals surface area contributed by atoms with Crippen LogP contribution in [0.5, 0.6) is 0 Å². The first-order valence-electron chi connectivity index (χ1n) is 9.20. The topological polar surface area (TPSA) is 73.2 Å². The van der Waals surface area contributed by atoms with E-state index in [1.165, 1.54) is 0 Å². The van der Waals surface area contributed by atoms with Crippen molar-refractivity contribution in [2.24, 2.45) is 0 Å². The van der Waals surface area contributed by atoms with Crippen molar-refractivity contribution < 1.29 is 14.3 Å². The number of fused-ring (bicyclic) bond motifs is 2. The standard InChI is InChI=1S/C21H21N3O3S/c1-3-27-18(26)11-24-21-19(13(2)23-24)20(28-12-17(25)22-21)16-10-6-8-14-7-4-5-9-15(14)16/h4-10,20H,3,11-12H2,1-2H3,(H,22,25)/t20-/m1/s1. The Morgan fingerprint density at radius 1 is 1.29 bits per heavy atom. The van der Waals surface area contributed by atoms with Crippen LogP contribution in [0.3, 0.4) is 0 Å². The summed E-state index contributed by atoms with van der Waals surface area (Å²) in [7, 11) is 0. The summed E-state index contributed by atoms with van der Waals surface area (Å²) in [6.45, 7) is 3.96. The Morgan fingerprint density at radius 2 is 2.07 bits per heavy atom. The number of carbonyl (C=O) groups excluding carboxylic acids is 2. The third-order valence-electron chi connectivity index (χ3n) is 4.76. The van der Waals surface area contributed by atoms with Gasteiger partial charge in [-0.05, 0) is 30.2 Å². The number of nitrogens with zero attached hydrogens (tertiary/aromatic N) is 2. The number of aryl methyl sites for hydroxylation is 1. The van der Waals surface area contributed by atoms with E-state index in [1.54, 1.807) is 23.4 Å². The highest BCUT2D eigenvalue weighted by Crippen LogP contribution is 2.45. The summed E-state index contributed by atoms with van der Waals surface area (Å²) >= 11 is 1.58. The molecule has 1 amide bonds. The summed E-state index contributed by atoms with van der Waals surface area (Å²) in [5, 5.41) is 9.72. The highest BCUT2D eigenvalue weighted by atomic mass is 32.2. The Morgan fingerprint density at radius 3 is 2.89 bits per heavy atom. The van der Waals surface area contributed by atoms with Crippen LogP contribution in [0.4, 0.5) is 5.82 Å². The average Bonchev–Trinajstić information content (AvgIpc) is 2.86. The molecule has 0 saturated carbocycles. The van der Waals surface area contributed by atoms with Gasteiger partial charge in [-0.2, -0.15) is 5.10 Å². The predicted octanol–water partition coefficient (Wildman–Crippen LogP) is 3.68. The van der Waals surface area contributed by atoms with Crippen molar-refractivity contribution in [1.82, 2.24) is 9.78 Å². The number of amides is 1. The number of carbonyl (C=O) groups is 2. The molecular formula is C21H21N3O3S. The first kappa shape index (κ1) is 18.6. The molecule has 3 aromatic rings. The Balaban J connectivity index is 1.84. The highest BCUT2D eigenvalue weighted by Gasteiger charge is 2.31. The molecule has 2 aromatic carbocycles. The third kappa shape index (κ3) is 3.38. The maximum atomic E-state index is 12.4. The summed E-state index contributed by atoms with van der Waals surface area (Å²) in [4.78, 5) is 24.4. The summed E-state index contributed by atoms with van der Waals surface area (Å²) < 4.78 is 6.60. The van der Waals surface area contributed by atoms with Gasteiger partial charge in [-0.25, -0.2) is 4.68 Å². The lowest BCUT2D eigenvalue weighted by molar-refractivity contribution is -0.144. The zero-order valence-electron chi connectivity index (χ0n) is 15.8. The molecule has 28 heavy (non-hydrogen) atoms. The van der Waals surface area contributed by atoms with Gasteiger partial charge in [-0.15, -0.1) is 11.8 Å². The second-order valence-corrected chi connectivity index (χ2v) is 7.71. The Bertz CT molecular complexity index is 1050. The Hall–Kier alpha value is -2.80. The molecule has 1 N–H and O–H groups in total. The number of rotatable bonds is 4. The van der Waals surface area contributed by atoms with Crippen LogP contribution >= 0.6 is 11.8 Å². The second kappa shape index (κ2) is 7.67. The van der Waals surface area contributed by atoms with Crippen LogP contribution < -0.4 is 5.32 Å². The molecule has 0 fully saturated rings. The Kier molecular flexibility index (Phi) is 5.09. The van der Waals surface area contributed by atoms with E-state index < -0.39 is 0 Å². The number of hydrogen-bond donors (Lipinski definition) is 1. The van der Waals surface area contributed by atoms with Crippen molar-refractivity contribution in [2.75, 3.05) is 17.7 Å². The number of nitrogens with one attached hydrogen (secondary N) is 1. The lowest BCUT2D eigenvalue weighted by Gasteiger charge is -2.17. The fraction of sp³-hybridized carbons (Fsp3) is 0.286. The van der Waals surface area contributed by atoms with Crippen LogP contribution in [0.1, 0.15) is 29.0 Å². The summed E-state index contributed by atoms with van der Waals surface area (Å²) in [6.07, 6.45) is 0.